The van der Waals surface area contributed by atoms with E-state index in [0.717, 1.165) is 36.8 Å². The Morgan fingerprint density at radius 3 is 2.17 bits per heavy atom. The van der Waals surface area contributed by atoms with Crippen molar-refractivity contribution in [3.05, 3.63) is 71.8 Å². The number of likely N-dealkylation sites (tertiary alicyclic amines) is 1. The molecule has 3 saturated heterocycles. The van der Waals surface area contributed by atoms with E-state index >= 15 is 0 Å². The average molecular weight is 586 g/mol. The van der Waals surface area contributed by atoms with Crippen molar-refractivity contribution >= 4 is 35.0 Å². The highest BCUT2D eigenvalue weighted by Crippen LogP contribution is 2.76. The molecule has 6 nitrogen and oxygen atoms in total. The number of rotatable bonds is 6. The lowest BCUT2D eigenvalue weighted by molar-refractivity contribution is -0.139. The minimum Gasteiger partial charge on any atom is -0.394 e. The smallest absolute Gasteiger partial charge is 0.234 e. The van der Waals surface area contributed by atoms with Crippen molar-refractivity contribution in [1.29, 1.82) is 0 Å². The van der Waals surface area contributed by atoms with Gasteiger partial charge in [0.05, 0.1) is 36.1 Å². The molecular formula is C32H38Cl2N2O4. The van der Waals surface area contributed by atoms with E-state index in [-0.39, 0.29) is 48.1 Å². The maximum absolute atomic E-state index is 13.0. The predicted molar refractivity (Wildman–Crippen MR) is 154 cm³/mol. The lowest BCUT2D eigenvalue weighted by Gasteiger charge is -2.23. The standard InChI is InChI=1S/C16H17Cl2NO2.C16H21NO2/c1-2-12-15(16(12,17)18)8-11-9-21-13(19(11)14(15)20)10-6-4-3-5-7-10;1-2-13-8-16(13)9-14(11-18)17(15(16)19)10-12-6-4-3-5-7-12/h3-7,11-13H,2,8-9H2,1H3;3-7,13-14,18H,2,8-11H2,1H3/t11?,12-,13+,15?;13-,14?,16?/m01/s1. The summed E-state index contributed by atoms with van der Waals surface area (Å²) in [6, 6.07) is 20.0. The van der Waals surface area contributed by atoms with Crippen LogP contribution in [0.1, 0.15) is 63.3 Å². The van der Waals surface area contributed by atoms with E-state index < -0.39 is 9.75 Å². The van der Waals surface area contributed by atoms with Gasteiger partial charge in [0.2, 0.25) is 11.8 Å². The number of benzene rings is 2. The number of halogens is 2. The molecule has 2 amide bonds. The van der Waals surface area contributed by atoms with Crippen molar-refractivity contribution < 1.29 is 19.4 Å². The molecule has 7 atom stereocenters. The lowest BCUT2D eigenvalue weighted by Crippen LogP contribution is -2.35. The number of fused-ring (bicyclic) bond motifs is 1. The second-order valence-electron chi connectivity index (χ2n) is 12.1. The quantitative estimate of drug-likeness (QED) is 0.441. The van der Waals surface area contributed by atoms with Crippen LogP contribution >= 0.6 is 23.2 Å². The summed E-state index contributed by atoms with van der Waals surface area (Å²) in [5.41, 5.74) is 1.43. The fourth-order valence-electron chi connectivity index (χ4n) is 7.90. The van der Waals surface area contributed by atoms with Crippen molar-refractivity contribution in [2.75, 3.05) is 13.2 Å². The Hall–Kier alpha value is -2.12. The molecule has 4 unspecified atom stereocenters. The van der Waals surface area contributed by atoms with Crippen molar-refractivity contribution in [2.24, 2.45) is 22.7 Å². The first-order valence-corrected chi connectivity index (χ1v) is 15.3. The Labute approximate surface area is 246 Å². The first-order chi connectivity index (χ1) is 19.2. The fraction of sp³-hybridized carbons (Fsp3) is 0.562. The zero-order chi connectivity index (χ0) is 28.3. The van der Waals surface area contributed by atoms with Crippen LogP contribution in [-0.4, -0.2) is 56.4 Å². The van der Waals surface area contributed by atoms with E-state index in [1.807, 2.05) is 77.4 Å². The molecule has 0 radical (unpaired) electrons. The number of aliphatic hydroxyl groups is 1. The van der Waals surface area contributed by atoms with Gasteiger partial charge in [-0.1, -0.05) is 80.9 Å². The molecule has 3 heterocycles. The number of nitrogens with zero attached hydrogens (tertiary/aromatic N) is 2. The summed E-state index contributed by atoms with van der Waals surface area (Å²) < 4.78 is 4.94. The van der Waals surface area contributed by atoms with Crippen LogP contribution < -0.4 is 0 Å². The molecule has 214 valence electrons. The zero-order valence-electron chi connectivity index (χ0n) is 23.1. The topological polar surface area (TPSA) is 70.1 Å². The third-order valence-electron chi connectivity index (χ3n) is 10.2. The van der Waals surface area contributed by atoms with E-state index in [1.54, 1.807) is 0 Å². The van der Waals surface area contributed by atoms with Crippen LogP contribution in [-0.2, 0) is 20.9 Å². The average Bonchev–Trinajstić information content (AvgIpc) is 3.58. The monoisotopic (exact) mass is 584 g/mol. The molecule has 2 aliphatic carbocycles. The van der Waals surface area contributed by atoms with Gasteiger partial charge in [-0.25, -0.2) is 0 Å². The second kappa shape index (κ2) is 10.3. The van der Waals surface area contributed by atoms with Crippen molar-refractivity contribution in [2.45, 2.75) is 75.1 Å². The Balaban J connectivity index is 0.000000145. The van der Waals surface area contributed by atoms with E-state index in [1.165, 1.54) is 0 Å². The SMILES string of the molecule is CC[C@@H]1C(Cl)(Cl)C12CC1CO[C@H](c3ccccc3)N1C2=O.CC[C@@H]1CC12CC(CO)N(Cc1ccccc1)C2=O. The highest BCUT2D eigenvalue weighted by atomic mass is 35.5. The molecule has 40 heavy (non-hydrogen) atoms. The van der Waals surface area contributed by atoms with Gasteiger partial charge in [0.15, 0.2) is 6.23 Å². The Morgan fingerprint density at radius 2 is 1.60 bits per heavy atom. The first kappa shape index (κ1) is 28.0. The van der Waals surface area contributed by atoms with Gasteiger partial charge in [-0.15, -0.1) is 23.2 Å². The number of carbonyl (C=O) groups excluding carboxylic acids is 2. The molecule has 3 aliphatic heterocycles. The van der Waals surface area contributed by atoms with Crippen LogP contribution in [0.15, 0.2) is 60.7 Å². The molecule has 1 N–H and O–H groups in total. The van der Waals surface area contributed by atoms with Crippen molar-refractivity contribution in [3.8, 4) is 0 Å². The summed E-state index contributed by atoms with van der Waals surface area (Å²) in [6.07, 6.45) is 4.17. The van der Waals surface area contributed by atoms with E-state index in [2.05, 4.69) is 6.92 Å². The molecule has 2 aromatic rings. The Bertz CT molecular complexity index is 1260. The van der Waals surface area contributed by atoms with Gasteiger partial charge in [0.25, 0.3) is 0 Å². The number of hydrogen-bond donors (Lipinski definition) is 1. The number of ether oxygens (including phenoxy) is 1. The predicted octanol–water partition coefficient (Wildman–Crippen LogP) is 5.71. The van der Waals surface area contributed by atoms with Gasteiger partial charge in [0, 0.05) is 18.0 Å². The molecule has 2 aromatic carbocycles. The summed E-state index contributed by atoms with van der Waals surface area (Å²) in [5.74, 6) is 0.927. The molecule has 5 aliphatic rings. The van der Waals surface area contributed by atoms with Gasteiger partial charge in [-0.05, 0) is 37.2 Å². The molecule has 5 fully saturated rings. The number of carbonyl (C=O) groups is 2. The number of aliphatic hydroxyl groups excluding tert-OH is 1. The van der Waals surface area contributed by atoms with Crippen LogP contribution in [0.5, 0.6) is 0 Å². The lowest BCUT2D eigenvalue weighted by atomic mass is 9.98. The Kier molecular flexibility index (Phi) is 7.22. The first-order valence-electron chi connectivity index (χ1n) is 14.6. The van der Waals surface area contributed by atoms with Gasteiger partial charge in [0.1, 0.15) is 4.33 Å². The molecule has 0 bridgehead atoms. The van der Waals surface area contributed by atoms with Gasteiger partial charge in [-0.2, -0.15) is 0 Å². The van der Waals surface area contributed by atoms with Crippen molar-refractivity contribution in [3.63, 3.8) is 0 Å². The highest BCUT2D eigenvalue weighted by molar-refractivity contribution is 6.53. The molecule has 0 aromatic heterocycles. The summed E-state index contributed by atoms with van der Waals surface area (Å²) in [7, 11) is 0. The normalized spacial score (nSPS) is 36.7. The molecule has 2 saturated carbocycles. The minimum atomic E-state index is -0.912. The number of hydrogen-bond acceptors (Lipinski definition) is 4. The third kappa shape index (κ3) is 4.12. The van der Waals surface area contributed by atoms with Gasteiger partial charge in [-0.3, -0.25) is 9.59 Å². The molecule has 8 heteroatoms. The van der Waals surface area contributed by atoms with Crippen LogP contribution in [0.25, 0.3) is 0 Å². The maximum atomic E-state index is 13.0. The van der Waals surface area contributed by atoms with Crippen LogP contribution in [0.2, 0.25) is 0 Å². The van der Waals surface area contributed by atoms with Crippen LogP contribution in [0.4, 0.5) is 0 Å². The molecular weight excluding hydrogens is 547 g/mol. The van der Waals surface area contributed by atoms with Crippen molar-refractivity contribution in [1.82, 2.24) is 9.80 Å². The highest BCUT2D eigenvalue weighted by Gasteiger charge is 2.83. The van der Waals surface area contributed by atoms with Crippen LogP contribution in [0.3, 0.4) is 0 Å². The molecule has 2 spiro atoms. The van der Waals surface area contributed by atoms with Crippen LogP contribution in [0, 0.1) is 22.7 Å². The molecule has 7 rings (SSSR count). The number of amides is 2. The van der Waals surface area contributed by atoms with Gasteiger partial charge >= 0.3 is 0 Å². The number of alkyl halides is 2. The maximum Gasteiger partial charge on any atom is 0.234 e. The summed E-state index contributed by atoms with van der Waals surface area (Å²) in [5, 5.41) is 9.56. The van der Waals surface area contributed by atoms with Gasteiger partial charge < -0.3 is 19.6 Å². The second-order valence-corrected chi connectivity index (χ2v) is 13.5. The largest absolute Gasteiger partial charge is 0.394 e. The van der Waals surface area contributed by atoms with E-state index in [9.17, 15) is 14.7 Å². The fourth-order valence-corrected chi connectivity index (χ4v) is 9.05. The summed E-state index contributed by atoms with van der Waals surface area (Å²) >= 11 is 12.9. The summed E-state index contributed by atoms with van der Waals surface area (Å²) in [6.45, 7) is 5.47. The van der Waals surface area contributed by atoms with E-state index in [0.29, 0.717) is 25.5 Å². The minimum absolute atomic E-state index is 0.00394. The zero-order valence-corrected chi connectivity index (χ0v) is 24.7. The summed E-state index contributed by atoms with van der Waals surface area (Å²) in [4.78, 5) is 29.4. The third-order valence-corrected chi connectivity index (χ3v) is 11.4. The Morgan fingerprint density at radius 1 is 0.925 bits per heavy atom. The van der Waals surface area contributed by atoms with E-state index in [4.69, 9.17) is 27.9 Å².